The van der Waals surface area contributed by atoms with Crippen LogP contribution in [-0.4, -0.2) is 128 Å². The zero-order valence-electron chi connectivity index (χ0n) is 19.8. The van der Waals surface area contributed by atoms with E-state index in [0.717, 1.165) is 39.3 Å². The fraction of sp³-hybridized carbons (Fsp3) is 0.909. The van der Waals surface area contributed by atoms with Gasteiger partial charge in [-0.1, -0.05) is 0 Å². The van der Waals surface area contributed by atoms with Gasteiger partial charge in [-0.2, -0.15) is 0 Å². The van der Waals surface area contributed by atoms with Crippen molar-refractivity contribution in [2.75, 3.05) is 79.2 Å². The summed E-state index contributed by atoms with van der Waals surface area (Å²) in [5, 5.41) is 2.84. The van der Waals surface area contributed by atoms with Crippen LogP contribution in [0.4, 0.5) is 4.79 Å². The molecule has 3 saturated heterocycles. The second-order valence-electron chi connectivity index (χ2n) is 10.0. The number of nitrogens with one attached hydrogen (secondary N) is 1. The molecular weight excluding hydrogens is 398 g/mol. The van der Waals surface area contributed by atoms with Gasteiger partial charge in [0.15, 0.2) is 0 Å². The minimum atomic E-state index is -0.608. The molecule has 1 N–H and O–H groups in total. The van der Waals surface area contributed by atoms with E-state index >= 15 is 0 Å². The van der Waals surface area contributed by atoms with E-state index in [0.29, 0.717) is 38.9 Å². The minimum Gasteiger partial charge on any atom is -0.444 e. The number of likely N-dealkylation sites (tertiary alicyclic amines) is 1. The molecule has 0 radical (unpaired) electrons. The van der Waals surface area contributed by atoms with Gasteiger partial charge >= 0.3 is 6.09 Å². The molecule has 0 aromatic heterocycles. The van der Waals surface area contributed by atoms with Crippen molar-refractivity contribution in [3.05, 3.63) is 0 Å². The summed E-state index contributed by atoms with van der Waals surface area (Å²) < 4.78 is 10.8. The average molecular weight is 440 g/mol. The van der Waals surface area contributed by atoms with Crippen molar-refractivity contribution in [2.24, 2.45) is 0 Å². The van der Waals surface area contributed by atoms with E-state index in [1.807, 2.05) is 25.7 Å². The number of carbonyl (C=O) groups is 2. The molecule has 31 heavy (non-hydrogen) atoms. The maximum atomic E-state index is 13.4. The summed E-state index contributed by atoms with van der Waals surface area (Å²) in [7, 11) is 2.18. The molecule has 3 fully saturated rings. The summed E-state index contributed by atoms with van der Waals surface area (Å²) in [4.78, 5) is 34.8. The van der Waals surface area contributed by atoms with E-state index in [2.05, 4.69) is 27.1 Å². The van der Waals surface area contributed by atoms with E-state index in [1.54, 1.807) is 0 Å². The number of piperazine rings is 1. The molecule has 0 aliphatic carbocycles. The molecule has 9 heteroatoms. The Balaban J connectivity index is 1.56. The first-order valence-electron chi connectivity index (χ1n) is 11.7. The Hall–Kier alpha value is -1.42. The molecule has 3 aliphatic heterocycles. The second-order valence-corrected chi connectivity index (χ2v) is 10.0. The van der Waals surface area contributed by atoms with E-state index in [9.17, 15) is 9.59 Å². The van der Waals surface area contributed by atoms with Crippen LogP contribution >= 0.6 is 0 Å². The number of carbonyl (C=O) groups excluding carboxylic acids is 2. The summed E-state index contributed by atoms with van der Waals surface area (Å²) in [6, 6.07) is 0.0142. The largest absolute Gasteiger partial charge is 0.444 e. The number of hydrogen-bond donors (Lipinski definition) is 1. The highest BCUT2D eigenvalue weighted by atomic mass is 16.6. The van der Waals surface area contributed by atoms with Crippen molar-refractivity contribution in [1.82, 2.24) is 24.9 Å². The number of alkyl carbamates (subject to hydrolysis) is 1. The molecule has 0 unspecified atom stereocenters. The summed E-state index contributed by atoms with van der Waals surface area (Å²) in [5.41, 5.74) is -0.601. The molecule has 0 spiro atoms. The van der Waals surface area contributed by atoms with Crippen molar-refractivity contribution in [3.8, 4) is 0 Å². The topological polar surface area (TPSA) is 77.6 Å². The summed E-state index contributed by atoms with van der Waals surface area (Å²) in [6.07, 6.45) is 1.86. The standard InChI is InChI=1S/C22H41N5O4/c1-22(2,3)31-21(29)23-19(17-25-13-15-30-16-14-25)20(28)27-11-9-26(10-12-27)18-5-7-24(4)8-6-18/h18-19H,5-17H2,1-4H3,(H,23,29)/t19-/m1/s1. The Bertz CT molecular complexity index is 589. The van der Waals surface area contributed by atoms with Crippen LogP contribution < -0.4 is 5.32 Å². The van der Waals surface area contributed by atoms with Crippen LogP contribution in [0, 0.1) is 0 Å². The Morgan fingerprint density at radius 2 is 1.61 bits per heavy atom. The number of morpholine rings is 1. The van der Waals surface area contributed by atoms with Gasteiger partial charge in [0.2, 0.25) is 5.91 Å². The Kier molecular flexibility index (Phi) is 8.55. The quantitative estimate of drug-likeness (QED) is 0.666. The fourth-order valence-electron chi connectivity index (χ4n) is 4.57. The van der Waals surface area contributed by atoms with Crippen LogP contribution in [0.25, 0.3) is 0 Å². The number of amides is 2. The Morgan fingerprint density at radius 3 is 2.19 bits per heavy atom. The zero-order chi connectivity index (χ0) is 22.4. The molecule has 3 heterocycles. The van der Waals surface area contributed by atoms with Crippen molar-refractivity contribution in [2.45, 2.75) is 51.3 Å². The van der Waals surface area contributed by atoms with Gasteiger partial charge in [-0.15, -0.1) is 0 Å². The third kappa shape index (κ3) is 7.59. The third-order valence-corrected chi connectivity index (χ3v) is 6.36. The molecule has 3 aliphatic rings. The molecule has 3 rings (SSSR count). The molecule has 0 saturated carbocycles. The number of ether oxygens (including phenoxy) is 2. The SMILES string of the molecule is CN1CCC(N2CCN(C(=O)[C@@H](CN3CCOCC3)NC(=O)OC(C)(C)C)CC2)CC1. The van der Waals surface area contributed by atoms with Gasteiger partial charge in [-0.3, -0.25) is 14.6 Å². The number of nitrogens with zero attached hydrogens (tertiary/aromatic N) is 4. The third-order valence-electron chi connectivity index (χ3n) is 6.36. The van der Waals surface area contributed by atoms with E-state index in [-0.39, 0.29) is 5.91 Å². The maximum Gasteiger partial charge on any atom is 0.408 e. The second kappa shape index (κ2) is 10.9. The first-order chi connectivity index (χ1) is 14.7. The van der Waals surface area contributed by atoms with Crippen molar-refractivity contribution >= 4 is 12.0 Å². The lowest BCUT2D eigenvalue weighted by Gasteiger charge is -2.43. The molecule has 0 bridgehead atoms. The van der Waals surface area contributed by atoms with Gasteiger partial charge in [0, 0.05) is 51.9 Å². The van der Waals surface area contributed by atoms with Gasteiger partial charge < -0.3 is 24.6 Å². The fourth-order valence-corrected chi connectivity index (χ4v) is 4.57. The lowest BCUT2D eigenvalue weighted by molar-refractivity contribution is -0.136. The van der Waals surface area contributed by atoms with Crippen LogP contribution in [0.5, 0.6) is 0 Å². The summed E-state index contributed by atoms with van der Waals surface area (Å²) >= 11 is 0. The highest BCUT2D eigenvalue weighted by Gasteiger charge is 2.33. The van der Waals surface area contributed by atoms with Crippen LogP contribution in [0.15, 0.2) is 0 Å². The first-order valence-corrected chi connectivity index (χ1v) is 11.7. The predicted octanol–water partition coefficient (Wildman–Crippen LogP) is 0.450. The average Bonchev–Trinajstić information content (AvgIpc) is 2.73. The molecule has 9 nitrogen and oxygen atoms in total. The molecule has 1 atom stereocenters. The van der Waals surface area contributed by atoms with Crippen LogP contribution in [0.1, 0.15) is 33.6 Å². The van der Waals surface area contributed by atoms with Gasteiger partial charge in [-0.05, 0) is 53.8 Å². The molecule has 178 valence electrons. The lowest BCUT2D eigenvalue weighted by atomic mass is 10.0. The van der Waals surface area contributed by atoms with Gasteiger partial charge in [0.1, 0.15) is 11.6 Å². The van der Waals surface area contributed by atoms with Gasteiger partial charge in [0.05, 0.1) is 13.2 Å². The maximum absolute atomic E-state index is 13.4. The number of hydrogen-bond acceptors (Lipinski definition) is 7. The Labute approximate surface area is 187 Å². The van der Waals surface area contributed by atoms with Crippen molar-refractivity contribution in [3.63, 3.8) is 0 Å². The summed E-state index contributed by atoms with van der Waals surface area (Å²) in [6.45, 7) is 14.3. The normalized spacial score (nSPS) is 24.1. The van der Waals surface area contributed by atoms with E-state index < -0.39 is 17.7 Å². The van der Waals surface area contributed by atoms with Crippen LogP contribution in [0.2, 0.25) is 0 Å². The van der Waals surface area contributed by atoms with Crippen molar-refractivity contribution in [1.29, 1.82) is 0 Å². The first kappa shape index (κ1) is 24.2. The lowest BCUT2D eigenvalue weighted by Crippen LogP contribution is -2.60. The monoisotopic (exact) mass is 439 g/mol. The molecule has 0 aromatic rings. The highest BCUT2D eigenvalue weighted by Crippen LogP contribution is 2.18. The van der Waals surface area contributed by atoms with Crippen LogP contribution in [0.3, 0.4) is 0 Å². The molecular formula is C22H41N5O4. The Morgan fingerprint density at radius 1 is 1.00 bits per heavy atom. The van der Waals surface area contributed by atoms with Gasteiger partial charge in [0.25, 0.3) is 0 Å². The minimum absolute atomic E-state index is 0.0135. The number of rotatable bonds is 5. The highest BCUT2D eigenvalue weighted by molar-refractivity contribution is 5.86. The smallest absolute Gasteiger partial charge is 0.408 e. The summed E-state index contributed by atoms with van der Waals surface area (Å²) in [5.74, 6) is -0.0135. The molecule has 0 aromatic carbocycles. The van der Waals surface area contributed by atoms with Crippen LogP contribution in [-0.2, 0) is 14.3 Å². The van der Waals surface area contributed by atoms with E-state index in [1.165, 1.54) is 12.8 Å². The van der Waals surface area contributed by atoms with Crippen molar-refractivity contribution < 1.29 is 19.1 Å². The molecule has 2 amide bonds. The predicted molar refractivity (Wildman–Crippen MR) is 119 cm³/mol. The van der Waals surface area contributed by atoms with E-state index in [4.69, 9.17) is 9.47 Å². The zero-order valence-corrected chi connectivity index (χ0v) is 19.8. The van der Waals surface area contributed by atoms with Gasteiger partial charge in [-0.25, -0.2) is 4.79 Å². The number of piperidine rings is 1.